The molecule has 4 heteroatoms. The number of benzene rings is 3. The average Bonchev–Trinajstić information content (AvgIpc) is 3.34. The van der Waals surface area contributed by atoms with Crippen LogP contribution in [0, 0.1) is 0 Å². The van der Waals surface area contributed by atoms with E-state index in [9.17, 15) is 4.79 Å². The van der Waals surface area contributed by atoms with Crippen molar-refractivity contribution in [3.63, 3.8) is 0 Å². The zero-order valence-electron chi connectivity index (χ0n) is 19.4. The van der Waals surface area contributed by atoms with Gasteiger partial charge in [-0.1, -0.05) is 66.7 Å². The second-order valence-electron chi connectivity index (χ2n) is 9.36. The van der Waals surface area contributed by atoms with Crippen LogP contribution in [0.15, 0.2) is 78.9 Å². The molecule has 1 aliphatic carbocycles. The minimum absolute atomic E-state index is 0.0914. The molecule has 0 saturated carbocycles. The number of hydrogen-bond acceptors (Lipinski definition) is 3. The maximum absolute atomic E-state index is 13.3. The molecule has 2 aliphatic heterocycles. The molecule has 0 radical (unpaired) electrons. The van der Waals surface area contributed by atoms with Gasteiger partial charge in [0, 0.05) is 12.0 Å². The first-order valence-corrected chi connectivity index (χ1v) is 12.3. The summed E-state index contributed by atoms with van der Waals surface area (Å²) >= 11 is 0. The van der Waals surface area contributed by atoms with Crippen LogP contribution in [-0.2, 0) is 4.74 Å². The Morgan fingerprint density at radius 3 is 2.24 bits per heavy atom. The Kier molecular flexibility index (Phi) is 5.37. The Labute approximate surface area is 200 Å². The molecule has 6 rings (SSSR count). The Hall–Kier alpha value is -3.53. The molecule has 1 amide bonds. The summed E-state index contributed by atoms with van der Waals surface area (Å²) in [4.78, 5) is 15.2. The van der Waals surface area contributed by atoms with Crippen molar-refractivity contribution >= 4 is 11.7 Å². The normalized spacial score (nSPS) is 20.5. The van der Waals surface area contributed by atoms with Gasteiger partial charge in [0.25, 0.3) is 0 Å². The first-order valence-electron chi connectivity index (χ1n) is 12.3. The van der Waals surface area contributed by atoms with E-state index in [1.54, 1.807) is 0 Å². The van der Waals surface area contributed by atoms with E-state index in [4.69, 9.17) is 9.47 Å². The molecule has 0 aromatic heterocycles. The summed E-state index contributed by atoms with van der Waals surface area (Å²) in [7, 11) is 0. The molecule has 3 aliphatic rings. The second kappa shape index (κ2) is 8.68. The summed E-state index contributed by atoms with van der Waals surface area (Å²) in [6.45, 7) is 3.03. The van der Waals surface area contributed by atoms with Crippen LogP contribution in [0.5, 0.6) is 5.75 Å². The summed E-state index contributed by atoms with van der Waals surface area (Å²) in [5.74, 6) is 0.986. The molecule has 0 spiro atoms. The predicted molar refractivity (Wildman–Crippen MR) is 134 cm³/mol. The van der Waals surface area contributed by atoms with Gasteiger partial charge in [-0.15, -0.1) is 0 Å². The van der Waals surface area contributed by atoms with Gasteiger partial charge in [-0.05, 0) is 71.7 Å². The van der Waals surface area contributed by atoms with Gasteiger partial charge in [-0.3, -0.25) is 4.90 Å². The maximum atomic E-state index is 13.3. The number of nitrogens with zero attached hydrogens (tertiary/aromatic N) is 1. The van der Waals surface area contributed by atoms with E-state index >= 15 is 0 Å². The van der Waals surface area contributed by atoms with Crippen molar-refractivity contribution in [2.75, 3.05) is 13.2 Å². The van der Waals surface area contributed by atoms with Crippen LogP contribution in [0.3, 0.4) is 0 Å². The van der Waals surface area contributed by atoms with Crippen molar-refractivity contribution < 1.29 is 14.3 Å². The summed E-state index contributed by atoms with van der Waals surface area (Å²) in [5.41, 5.74) is 7.53. The number of fused-ring (bicyclic) bond motifs is 5. The Morgan fingerprint density at radius 2 is 1.59 bits per heavy atom. The number of rotatable bonds is 5. The molecular weight excluding hydrogens is 422 g/mol. The van der Waals surface area contributed by atoms with Crippen LogP contribution in [0.2, 0.25) is 0 Å². The summed E-state index contributed by atoms with van der Waals surface area (Å²) in [6.07, 6.45) is 4.97. The lowest BCUT2D eigenvalue weighted by Crippen LogP contribution is -2.43. The van der Waals surface area contributed by atoms with Gasteiger partial charge in [0.1, 0.15) is 12.4 Å². The molecule has 2 heterocycles. The highest BCUT2D eigenvalue weighted by atomic mass is 16.6. The highest BCUT2D eigenvalue weighted by Crippen LogP contribution is 2.45. The van der Waals surface area contributed by atoms with Crippen LogP contribution in [0.1, 0.15) is 48.8 Å². The van der Waals surface area contributed by atoms with Crippen LogP contribution < -0.4 is 4.74 Å². The number of ether oxygens (including phenoxy) is 2. The van der Waals surface area contributed by atoms with E-state index in [2.05, 4.69) is 66.7 Å². The summed E-state index contributed by atoms with van der Waals surface area (Å²) in [6, 6.07) is 25.5. The van der Waals surface area contributed by atoms with Crippen molar-refractivity contribution in [3.8, 4) is 16.9 Å². The smallest absolute Gasteiger partial charge is 0.410 e. The molecular formula is C30H29NO3. The third-order valence-electron chi connectivity index (χ3n) is 7.48. The summed E-state index contributed by atoms with van der Waals surface area (Å²) < 4.78 is 11.6. The molecule has 3 aromatic rings. The molecule has 1 fully saturated rings. The average molecular weight is 452 g/mol. The minimum Gasteiger partial charge on any atom is -0.494 e. The van der Waals surface area contributed by atoms with Crippen LogP contribution in [-0.4, -0.2) is 36.3 Å². The quantitative estimate of drug-likeness (QED) is 0.436. The molecule has 34 heavy (non-hydrogen) atoms. The first-order chi connectivity index (χ1) is 16.7. The van der Waals surface area contributed by atoms with Crippen LogP contribution >= 0.6 is 0 Å². The lowest BCUT2D eigenvalue weighted by Gasteiger charge is -2.33. The van der Waals surface area contributed by atoms with Gasteiger partial charge in [0.15, 0.2) is 0 Å². The largest absolute Gasteiger partial charge is 0.494 e. The number of amides is 1. The molecule has 2 atom stereocenters. The molecule has 172 valence electrons. The lowest BCUT2D eigenvalue weighted by molar-refractivity contribution is 0.0866. The Morgan fingerprint density at radius 1 is 0.912 bits per heavy atom. The monoisotopic (exact) mass is 451 g/mol. The number of carbonyl (C=O) groups is 1. The Bertz CT molecular complexity index is 1200. The van der Waals surface area contributed by atoms with Gasteiger partial charge in [0.2, 0.25) is 0 Å². The van der Waals surface area contributed by atoms with Gasteiger partial charge in [0.05, 0.1) is 12.6 Å². The Balaban J connectivity index is 1.17. The van der Waals surface area contributed by atoms with Crippen molar-refractivity contribution in [2.24, 2.45) is 0 Å². The third-order valence-corrected chi connectivity index (χ3v) is 7.48. The zero-order valence-corrected chi connectivity index (χ0v) is 19.4. The molecule has 2 bridgehead atoms. The molecule has 1 saturated heterocycles. The summed E-state index contributed by atoms with van der Waals surface area (Å²) in [5, 5.41) is 0. The molecule has 4 nitrogen and oxygen atoms in total. The SMILES string of the molecule is CCOc1ccc(C2=CC3CCC(C2)N3C(=O)OCC2c3ccccc3-c3ccccc32)cc1. The van der Waals surface area contributed by atoms with Crippen molar-refractivity contribution in [1.82, 2.24) is 4.90 Å². The van der Waals surface area contributed by atoms with E-state index in [1.165, 1.54) is 33.4 Å². The molecule has 0 N–H and O–H groups in total. The standard InChI is InChI=1S/C30H29NO3/c1-2-33-24-15-11-20(12-16-24)21-17-22-13-14-23(18-21)31(22)30(32)34-19-29-27-9-5-3-7-25(27)26-8-4-6-10-28(26)29/h3-12,15-17,22-23,29H,2,13-14,18-19H2,1H3. The van der Waals surface area contributed by atoms with Gasteiger partial charge < -0.3 is 9.47 Å². The second-order valence-corrected chi connectivity index (χ2v) is 9.36. The minimum atomic E-state index is -0.184. The van der Waals surface area contributed by atoms with Crippen molar-refractivity contribution in [1.29, 1.82) is 0 Å². The highest BCUT2D eigenvalue weighted by molar-refractivity contribution is 5.79. The highest BCUT2D eigenvalue weighted by Gasteiger charge is 2.41. The topological polar surface area (TPSA) is 38.8 Å². The maximum Gasteiger partial charge on any atom is 0.410 e. The zero-order chi connectivity index (χ0) is 23.1. The predicted octanol–water partition coefficient (Wildman–Crippen LogP) is 6.65. The van der Waals surface area contributed by atoms with E-state index in [0.717, 1.165) is 25.0 Å². The van der Waals surface area contributed by atoms with Gasteiger partial charge >= 0.3 is 6.09 Å². The van der Waals surface area contributed by atoms with E-state index in [-0.39, 0.29) is 24.1 Å². The molecule has 3 aromatic carbocycles. The molecule has 2 unspecified atom stereocenters. The fourth-order valence-corrected chi connectivity index (χ4v) is 5.93. The van der Waals surface area contributed by atoms with Gasteiger partial charge in [-0.25, -0.2) is 4.79 Å². The van der Waals surface area contributed by atoms with Crippen molar-refractivity contribution in [2.45, 2.75) is 44.2 Å². The number of hydrogen-bond donors (Lipinski definition) is 0. The van der Waals surface area contributed by atoms with E-state index in [0.29, 0.717) is 13.2 Å². The van der Waals surface area contributed by atoms with Crippen molar-refractivity contribution in [3.05, 3.63) is 95.6 Å². The fourth-order valence-electron chi connectivity index (χ4n) is 5.93. The van der Waals surface area contributed by atoms with Crippen LogP contribution in [0.4, 0.5) is 4.79 Å². The first kappa shape index (κ1) is 21.0. The fraction of sp³-hybridized carbons (Fsp3) is 0.300. The lowest BCUT2D eigenvalue weighted by atomic mass is 9.95. The van der Waals surface area contributed by atoms with Crippen LogP contribution in [0.25, 0.3) is 16.7 Å². The number of carbonyl (C=O) groups excluding carboxylic acids is 1. The van der Waals surface area contributed by atoms with Gasteiger partial charge in [-0.2, -0.15) is 0 Å². The third kappa shape index (κ3) is 3.58. The van der Waals surface area contributed by atoms with E-state index < -0.39 is 0 Å². The van der Waals surface area contributed by atoms with E-state index in [1.807, 2.05) is 24.0 Å².